The minimum Gasteiger partial charge on any atom is -0.349 e. The molecule has 6 heteroatoms. The Kier molecular flexibility index (Phi) is 5.51. The molecular formula is C17H22N4O2. The normalized spacial score (nSPS) is 11.8. The Morgan fingerprint density at radius 2 is 1.78 bits per heavy atom. The first kappa shape index (κ1) is 16.7. The van der Waals surface area contributed by atoms with Crippen LogP contribution >= 0.6 is 0 Å². The van der Waals surface area contributed by atoms with E-state index < -0.39 is 0 Å². The predicted octanol–water partition coefficient (Wildman–Crippen LogP) is 2.62. The van der Waals surface area contributed by atoms with Gasteiger partial charge in [0, 0.05) is 29.8 Å². The Hall–Kier alpha value is -2.63. The second-order valence-corrected chi connectivity index (χ2v) is 5.55. The van der Waals surface area contributed by atoms with Crippen LogP contribution in [0, 0.1) is 13.8 Å². The molecule has 23 heavy (non-hydrogen) atoms. The standard InChI is InChI=1S/C17H22N4O2/c1-11(17-12(2)20-21-13(17)3)18-15(22)9-10-16(23)19-14-7-5-4-6-8-14/h4-8,11H,9-10H2,1-3H3,(H,18,22)(H,19,23)(H,20,21)/t11-/m0/s1. The zero-order chi connectivity index (χ0) is 16.8. The molecule has 0 aliphatic heterocycles. The van der Waals surface area contributed by atoms with E-state index >= 15 is 0 Å². The number of benzene rings is 1. The van der Waals surface area contributed by atoms with Crippen molar-refractivity contribution in [2.24, 2.45) is 0 Å². The molecule has 3 N–H and O–H groups in total. The van der Waals surface area contributed by atoms with E-state index in [-0.39, 0.29) is 30.7 Å². The number of hydrogen-bond acceptors (Lipinski definition) is 3. The van der Waals surface area contributed by atoms with Gasteiger partial charge in [0.05, 0.1) is 11.7 Å². The van der Waals surface area contributed by atoms with Crippen LogP contribution in [0.2, 0.25) is 0 Å². The SMILES string of the molecule is Cc1n[nH]c(C)c1[C@H](C)NC(=O)CCC(=O)Nc1ccccc1. The van der Waals surface area contributed by atoms with Gasteiger partial charge in [-0.2, -0.15) is 5.10 Å². The summed E-state index contributed by atoms with van der Waals surface area (Å²) in [6.07, 6.45) is 0.301. The molecule has 1 aromatic carbocycles. The van der Waals surface area contributed by atoms with Crippen molar-refractivity contribution in [3.05, 3.63) is 47.3 Å². The maximum atomic E-state index is 12.0. The minimum atomic E-state index is -0.172. The minimum absolute atomic E-state index is 0.140. The van der Waals surface area contributed by atoms with E-state index in [4.69, 9.17) is 0 Å². The van der Waals surface area contributed by atoms with E-state index in [1.54, 1.807) is 0 Å². The number of carbonyl (C=O) groups excluding carboxylic acids is 2. The highest BCUT2D eigenvalue weighted by molar-refractivity contribution is 5.93. The summed E-state index contributed by atoms with van der Waals surface area (Å²) >= 11 is 0. The van der Waals surface area contributed by atoms with Crippen molar-refractivity contribution in [2.75, 3.05) is 5.32 Å². The van der Waals surface area contributed by atoms with Crippen molar-refractivity contribution in [1.29, 1.82) is 0 Å². The first-order valence-corrected chi connectivity index (χ1v) is 7.63. The summed E-state index contributed by atoms with van der Waals surface area (Å²) in [4.78, 5) is 23.8. The lowest BCUT2D eigenvalue weighted by atomic mass is 10.1. The van der Waals surface area contributed by atoms with Crippen LogP contribution in [0.15, 0.2) is 30.3 Å². The Bertz CT molecular complexity index is 660. The lowest BCUT2D eigenvalue weighted by Crippen LogP contribution is -2.28. The van der Waals surface area contributed by atoms with Crippen LogP contribution in [0.4, 0.5) is 5.69 Å². The van der Waals surface area contributed by atoms with Gasteiger partial charge in [-0.3, -0.25) is 14.7 Å². The molecule has 1 atom stereocenters. The van der Waals surface area contributed by atoms with Crippen LogP contribution in [-0.4, -0.2) is 22.0 Å². The number of amides is 2. The Morgan fingerprint density at radius 3 is 2.39 bits per heavy atom. The van der Waals surface area contributed by atoms with Gasteiger partial charge in [-0.15, -0.1) is 0 Å². The molecule has 122 valence electrons. The molecule has 0 spiro atoms. The number of nitrogens with one attached hydrogen (secondary N) is 3. The number of hydrogen-bond donors (Lipinski definition) is 3. The smallest absolute Gasteiger partial charge is 0.224 e. The number of carbonyl (C=O) groups is 2. The predicted molar refractivity (Wildman–Crippen MR) is 88.9 cm³/mol. The Morgan fingerprint density at radius 1 is 1.13 bits per heavy atom. The number of rotatable bonds is 6. The fraction of sp³-hybridized carbons (Fsp3) is 0.353. The third-order valence-electron chi connectivity index (χ3n) is 3.63. The van der Waals surface area contributed by atoms with E-state index in [0.29, 0.717) is 0 Å². The van der Waals surface area contributed by atoms with E-state index in [0.717, 1.165) is 22.6 Å². The summed E-state index contributed by atoms with van der Waals surface area (Å²) in [5.41, 5.74) is 3.54. The van der Waals surface area contributed by atoms with Crippen LogP contribution in [0.25, 0.3) is 0 Å². The molecule has 6 nitrogen and oxygen atoms in total. The van der Waals surface area contributed by atoms with Crippen LogP contribution in [0.5, 0.6) is 0 Å². The first-order chi connectivity index (χ1) is 11.0. The molecular weight excluding hydrogens is 292 g/mol. The van der Waals surface area contributed by atoms with Gasteiger partial charge in [0.15, 0.2) is 0 Å². The molecule has 0 unspecified atom stereocenters. The maximum absolute atomic E-state index is 12.0. The van der Waals surface area contributed by atoms with Gasteiger partial charge in [0.1, 0.15) is 0 Å². The van der Waals surface area contributed by atoms with Crippen molar-refractivity contribution in [2.45, 2.75) is 39.7 Å². The zero-order valence-electron chi connectivity index (χ0n) is 13.6. The highest BCUT2D eigenvalue weighted by Gasteiger charge is 2.16. The van der Waals surface area contributed by atoms with E-state index in [1.165, 1.54) is 0 Å². The largest absolute Gasteiger partial charge is 0.349 e. The van der Waals surface area contributed by atoms with Gasteiger partial charge in [0.2, 0.25) is 11.8 Å². The van der Waals surface area contributed by atoms with E-state index in [2.05, 4.69) is 20.8 Å². The zero-order valence-corrected chi connectivity index (χ0v) is 13.6. The lowest BCUT2D eigenvalue weighted by molar-refractivity contribution is -0.124. The Labute approximate surface area is 135 Å². The molecule has 0 aliphatic rings. The van der Waals surface area contributed by atoms with E-state index in [9.17, 15) is 9.59 Å². The fourth-order valence-corrected chi connectivity index (χ4v) is 2.56. The number of anilines is 1. The van der Waals surface area contributed by atoms with Crippen molar-refractivity contribution < 1.29 is 9.59 Å². The summed E-state index contributed by atoms with van der Waals surface area (Å²) in [6, 6.07) is 9.05. The molecule has 0 saturated carbocycles. The van der Waals surface area contributed by atoms with Crippen LogP contribution in [0.3, 0.4) is 0 Å². The van der Waals surface area contributed by atoms with Gasteiger partial charge >= 0.3 is 0 Å². The van der Waals surface area contributed by atoms with Gasteiger partial charge in [-0.25, -0.2) is 0 Å². The van der Waals surface area contributed by atoms with Crippen LogP contribution < -0.4 is 10.6 Å². The molecule has 0 aliphatic carbocycles. The molecule has 0 radical (unpaired) electrons. The van der Waals surface area contributed by atoms with Crippen LogP contribution in [-0.2, 0) is 9.59 Å². The molecule has 1 aromatic heterocycles. The van der Waals surface area contributed by atoms with Gasteiger partial charge in [-0.1, -0.05) is 18.2 Å². The number of aryl methyl sites for hydroxylation is 2. The number of aromatic nitrogens is 2. The monoisotopic (exact) mass is 314 g/mol. The van der Waals surface area contributed by atoms with Gasteiger partial charge in [0.25, 0.3) is 0 Å². The number of H-pyrrole nitrogens is 1. The number of para-hydroxylation sites is 1. The number of nitrogens with zero attached hydrogens (tertiary/aromatic N) is 1. The second-order valence-electron chi connectivity index (χ2n) is 5.55. The molecule has 2 aromatic rings. The third-order valence-corrected chi connectivity index (χ3v) is 3.63. The van der Waals surface area contributed by atoms with Crippen molar-refractivity contribution in [1.82, 2.24) is 15.5 Å². The Balaban J connectivity index is 1.80. The topological polar surface area (TPSA) is 86.9 Å². The average Bonchev–Trinajstić information content (AvgIpc) is 2.85. The summed E-state index contributed by atoms with van der Waals surface area (Å²) in [5.74, 6) is -0.324. The summed E-state index contributed by atoms with van der Waals surface area (Å²) in [7, 11) is 0. The van der Waals surface area contributed by atoms with Crippen LogP contribution in [0.1, 0.15) is 42.8 Å². The summed E-state index contributed by atoms with van der Waals surface area (Å²) in [6.45, 7) is 5.73. The highest BCUT2D eigenvalue weighted by atomic mass is 16.2. The van der Waals surface area contributed by atoms with Gasteiger partial charge in [-0.05, 0) is 32.9 Å². The molecule has 0 saturated heterocycles. The molecule has 2 rings (SSSR count). The molecule has 0 bridgehead atoms. The van der Waals surface area contributed by atoms with Crippen molar-refractivity contribution in [3.63, 3.8) is 0 Å². The van der Waals surface area contributed by atoms with E-state index in [1.807, 2.05) is 51.1 Å². The quantitative estimate of drug-likeness (QED) is 0.766. The summed E-state index contributed by atoms with van der Waals surface area (Å²) in [5, 5.41) is 12.7. The average molecular weight is 314 g/mol. The van der Waals surface area contributed by atoms with Gasteiger partial charge < -0.3 is 10.6 Å². The maximum Gasteiger partial charge on any atom is 0.224 e. The molecule has 0 fully saturated rings. The third kappa shape index (κ3) is 4.67. The second kappa shape index (κ2) is 7.58. The lowest BCUT2D eigenvalue weighted by Gasteiger charge is -2.14. The van der Waals surface area contributed by atoms with Crippen molar-refractivity contribution >= 4 is 17.5 Å². The van der Waals surface area contributed by atoms with Crippen molar-refractivity contribution in [3.8, 4) is 0 Å². The molecule has 2 amide bonds. The summed E-state index contributed by atoms with van der Waals surface area (Å²) < 4.78 is 0. The fourth-order valence-electron chi connectivity index (χ4n) is 2.56. The first-order valence-electron chi connectivity index (χ1n) is 7.63. The number of aromatic amines is 1. The highest BCUT2D eigenvalue weighted by Crippen LogP contribution is 2.19. The molecule has 1 heterocycles.